The van der Waals surface area contributed by atoms with E-state index < -0.39 is 30.5 Å². The van der Waals surface area contributed by atoms with Crippen molar-refractivity contribution in [1.29, 1.82) is 0 Å². The predicted molar refractivity (Wildman–Crippen MR) is 112 cm³/mol. The minimum absolute atomic E-state index is 0.0688. The molecule has 1 aliphatic carbocycles. The van der Waals surface area contributed by atoms with Crippen molar-refractivity contribution >= 4 is 23.6 Å². The van der Waals surface area contributed by atoms with Crippen molar-refractivity contribution in [2.45, 2.75) is 53.0 Å². The molecule has 1 aromatic carbocycles. The number of hydrogen-bond donors (Lipinski definition) is 0. The number of Topliss-reactive ketones (excluding diaryl/α,β-unsaturated/α-hetero) is 1. The summed E-state index contributed by atoms with van der Waals surface area (Å²) in [5, 5.41) is 0. The highest BCUT2D eigenvalue weighted by molar-refractivity contribution is 6.08. The first kappa shape index (κ1) is 21.9. The molecule has 3 unspecified atom stereocenters. The number of nitrogens with zero attached hydrogens (tertiary/aromatic N) is 1. The van der Waals surface area contributed by atoms with E-state index in [0.717, 1.165) is 16.0 Å². The van der Waals surface area contributed by atoms with Crippen LogP contribution in [0.3, 0.4) is 0 Å². The van der Waals surface area contributed by atoms with Crippen LogP contribution in [0.5, 0.6) is 0 Å². The van der Waals surface area contributed by atoms with Crippen LogP contribution >= 0.6 is 0 Å². The number of allylic oxidation sites excluding steroid dienone is 2. The third-order valence-electron chi connectivity index (χ3n) is 5.99. The number of rotatable bonds is 7. The number of hydrogen-bond acceptors (Lipinski definition) is 5. The number of ether oxygens (including phenoxy) is 1. The molecule has 0 aromatic heterocycles. The molecular weight excluding hydrogens is 382 g/mol. The third kappa shape index (κ3) is 4.37. The second-order valence-corrected chi connectivity index (χ2v) is 8.68. The van der Waals surface area contributed by atoms with Crippen molar-refractivity contribution in [3.63, 3.8) is 0 Å². The summed E-state index contributed by atoms with van der Waals surface area (Å²) in [6.07, 6.45) is 5.16. The zero-order valence-electron chi connectivity index (χ0n) is 18.0. The second-order valence-electron chi connectivity index (χ2n) is 8.68. The predicted octanol–water partition coefficient (Wildman–Crippen LogP) is 3.40. The average molecular weight is 411 g/mol. The lowest BCUT2D eigenvalue weighted by molar-refractivity contribution is -0.158. The van der Waals surface area contributed by atoms with Crippen LogP contribution in [0.25, 0.3) is 0 Å². The summed E-state index contributed by atoms with van der Waals surface area (Å²) in [4.78, 5) is 52.3. The molecule has 1 aliphatic heterocycles. The van der Waals surface area contributed by atoms with E-state index in [9.17, 15) is 19.2 Å². The minimum Gasteiger partial charge on any atom is -0.456 e. The number of likely N-dealkylation sites (tertiary alicyclic amines) is 1. The van der Waals surface area contributed by atoms with E-state index in [0.29, 0.717) is 24.8 Å². The van der Waals surface area contributed by atoms with E-state index in [1.807, 2.05) is 45.9 Å². The van der Waals surface area contributed by atoms with E-state index in [1.54, 1.807) is 12.1 Å². The number of esters is 1. The molecule has 1 fully saturated rings. The summed E-state index contributed by atoms with van der Waals surface area (Å²) in [6.45, 7) is 7.29. The highest BCUT2D eigenvalue weighted by atomic mass is 16.5. The normalized spacial score (nSPS) is 21.7. The van der Waals surface area contributed by atoms with Crippen LogP contribution < -0.4 is 0 Å². The van der Waals surface area contributed by atoms with Crippen LogP contribution in [0.15, 0.2) is 30.4 Å². The lowest BCUT2D eigenvalue weighted by atomic mass is 9.85. The van der Waals surface area contributed by atoms with Gasteiger partial charge in [-0.1, -0.05) is 38.1 Å². The van der Waals surface area contributed by atoms with Gasteiger partial charge in [-0.2, -0.15) is 0 Å². The summed E-state index contributed by atoms with van der Waals surface area (Å²) < 4.78 is 5.30. The van der Waals surface area contributed by atoms with Crippen molar-refractivity contribution in [2.24, 2.45) is 17.8 Å². The molecule has 0 N–H and O–H groups in total. The Hall–Kier alpha value is -2.76. The Labute approximate surface area is 177 Å². The molecule has 3 rings (SSSR count). The largest absolute Gasteiger partial charge is 0.456 e. The molecule has 1 aromatic rings. The topological polar surface area (TPSA) is 80.8 Å². The number of amides is 2. The van der Waals surface area contributed by atoms with Gasteiger partial charge in [-0.05, 0) is 56.2 Å². The van der Waals surface area contributed by atoms with Gasteiger partial charge in [-0.15, -0.1) is 0 Å². The first-order valence-corrected chi connectivity index (χ1v) is 10.5. The Morgan fingerprint density at radius 2 is 1.63 bits per heavy atom. The number of benzene rings is 1. The molecule has 1 heterocycles. The van der Waals surface area contributed by atoms with Gasteiger partial charge in [0.15, 0.2) is 12.4 Å². The average Bonchev–Trinajstić information content (AvgIpc) is 2.96. The lowest BCUT2D eigenvalue weighted by Crippen LogP contribution is -2.47. The zero-order chi connectivity index (χ0) is 22.0. The monoisotopic (exact) mass is 411 g/mol. The zero-order valence-corrected chi connectivity index (χ0v) is 18.0. The fourth-order valence-electron chi connectivity index (χ4n) is 4.12. The van der Waals surface area contributed by atoms with Gasteiger partial charge >= 0.3 is 5.97 Å². The Bertz CT molecular complexity index is 875. The van der Waals surface area contributed by atoms with E-state index in [2.05, 4.69) is 0 Å². The molecule has 6 heteroatoms. The van der Waals surface area contributed by atoms with E-state index >= 15 is 0 Å². The Morgan fingerprint density at radius 1 is 1.03 bits per heavy atom. The van der Waals surface area contributed by atoms with E-state index in [4.69, 9.17) is 4.74 Å². The lowest BCUT2D eigenvalue weighted by Gasteiger charge is -2.26. The standard InChI is InChI=1S/C24H29NO5/c1-14(2)11-20(25-22(27)18-7-5-6-8-19(18)23(25)28)24(29)30-13-21(26)17-10-9-15(3)16(4)12-17/h5-6,9-10,12,14,18-20H,7-8,11,13H2,1-4H3. The molecule has 160 valence electrons. The maximum Gasteiger partial charge on any atom is 0.329 e. The third-order valence-corrected chi connectivity index (χ3v) is 5.99. The number of carbonyl (C=O) groups excluding carboxylic acids is 4. The Kier molecular flexibility index (Phi) is 6.54. The highest BCUT2D eigenvalue weighted by Gasteiger charge is 2.51. The quantitative estimate of drug-likeness (QED) is 0.297. The van der Waals surface area contributed by atoms with Gasteiger partial charge in [0.2, 0.25) is 11.8 Å². The van der Waals surface area contributed by atoms with Crippen LogP contribution in [0.1, 0.15) is 54.6 Å². The van der Waals surface area contributed by atoms with Gasteiger partial charge < -0.3 is 4.74 Å². The molecule has 1 saturated heterocycles. The Balaban J connectivity index is 1.73. The fourth-order valence-corrected chi connectivity index (χ4v) is 4.12. The molecule has 2 aliphatic rings. The first-order valence-electron chi connectivity index (χ1n) is 10.5. The smallest absolute Gasteiger partial charge is 0.329 e. The summed E-state index contributed by atoms with van der Waals surface area (Å²) in [6, 6.07) is 4.32. The first-order chi connectivity index (χ1) is 14.2. The van der Waals surface area contributed by atoms with Crippen LogP contribution in [0, 0.1) is 31.6 Å². The van der Waals surface area contributed by atoms with Crippen LogP contribution in [0.2, 0.25) is 0 Å². The molecule has 30 heavy (non-hydrogen) atoms. The molecule has 6 nitrogen and oxygen atoms in total. The van der Waals surface area contributed by atoms with Gasteiger partial charge in [0.1, 0.15) is 6.04 Å². The minimum atomic E-state index is -0.997. The fraction of sp³-hybridized carbons (Fsp3) is 0.500. The van der Waals surface area contributed by atoms with Gasteiger partial charge in [0.25, 0.3) is 0 Å². The summed E-state index contributed by atoms with van der Waals surface area (Å²) in [5.41, 5.74) is 2.52. The molecular formula is C24H29NO5. The SMILES string of the molecule is Cc1ccc(C(=O)COC(=O)C(CC(C)C)N2C(=O)C3CC=CCC3C2=O)cc1C. The van der Waals surface area contributed by atoms with Crippen molar-refractivity contribution in [3.05, 3.63) is 47.0 Å². The summed E-state index contributed by atoms with van der Waals surface area (Å²) in [5.74, 6) is -2.36. The van der Waals surface area contributed by atoms with Crippen molar-refractivity contribution in [3.8, 4) is 0 Å². The molecule has 2 amide bonds. The maximum absolute atomic E-state index is 12.9. The summed E-state index contributed by atoms with van der Waals surface area (Å²) >= 11 is 0. The van der Waals surface area contributed by atoms with E-state index in [-0.39, 0.29) is 23.5 Å². The molecule has 0 radical (unpaired) electrons. The molecule has 0 bridgehead atoms. The number of aryl methyl sites for hydroxylation is 2. The maximum atomic E-state index is 12.9. The molecule has 0 saturated carbocycles. The Morgan fingerprint density at radius 3 is 2.17 bits per heavy atom. The van der Waals surface area contributed by atoms with Crippen molar-refractivity contribution < 1.29 is 23.9 Å². The van der Waals surface area contributed by atoms with Crippen LogP contribution in [0.4, 0.5) is 0 Å². The van der Waals surface area contributed by atoms with Gasteiger partial charge in [-0.3, -0.25) is 19.3 Å². The number of carbonyl (C=O) groups is 4. The van der Waals surface area contributed by atoms with Crippen LogP contribution in [-0.2, 0) is 19.1 Å². The summed E-state index contributed by atoms with van der Waals surface area (Å²) in [7, 11) is 0. The van der Waals surface area contributed by atoms with E-state index in [1.165, 1.54) is 0 Å². The van der Waals surface area contributed by atoms with Gasteiger partial charge in [0, 0.05) is 5.56 Å². The number of ketones is 1. The van der Waals surface area contributed by atoms with Crippen molar-refractivity contribution in [1.82, 2.24) is 4.90 Å². The highest BCUT2D eigenvalue weighted by Crippen LogP contribution is 2.37. The number of fused-ring (bicyclic) bond motifs is 1. The van der Waals surface area contributed by atoms with Crippen LogP contribution in [-0.4, -0.2) is 41.1 Å². The van der Waals surface area contributed by atoms with Gasteiger partial charge in [0.05, 0.1) is 11.8 Å². The second kappa shape index (κ2) is 8.94. The van der Waals surface area contributed by atoms with Gasteiger partial charge in [-0.25, -0.2) is 4.79 Å². The molecule has 0 spiro atoms. The number of imide groups is 1. The van der Waals surface area contributed by atoms with Crippen molar-refractivity contribution in [2.75, 3.05) is 6.61 Å². The molecule has 3 atom stereocenters.